The molecule has 0 unspecified atom stereocenters. The number of nitrogens with zero attached hydrogens (tertiary/aromatic N) is 3. The number of ether oxygens (including phenoxy) is 1. The molecule has 1 aliphatic carbocycles. The van der Waals surface area contributed by atoms with E-state index in [0.717, 1.165) is 24.1 Å². The Labute approximate surface area is 122 Å². The van der Waals surface area contributed by atoms with Crippen molar-refractivity contribution in [2.75, 3.05) is 5.73 Å². The number of nitrogen functional groups attached to an aromatic ring is 1. The smallest absolute Gasteiger partial charge is 0.279 e. The van der Waals surface area contributed by atoms with Crippen molar-refractivity contribution in [1.82, 2.24) is 14.8 Å². The Morgan fingerprint density at radius 2 is 2.19 bits per heavy atom. The molecule has 1 aliphatic rings. The van der Waals surface area contributed by atoms with Crippen molar-refractivity contribution in [3.8, 4) is 5.82 Å². The van der Waals surface area contributed by atoms with Crippen LogP contribution in [0.4, 0.5) is 5.69 Å². The van der Waals surface area contributed by atoms with Gasteiger partial charge in [-0.05, 0) is 49.9 Å². The van der Waals surface area contributed by atoms with Crippen LogP contribution in [0.25, 0.3) is 5.82 Å². The summed E-state index contributed by atoms with van der Waals surface area (Å²) < 4.78 is 7.18. The number of nitrogens with two attached hydrogens (primary N) is 1. The Hall–Kier alpha value is -2.21. The number of pyridine rings is 1. The maximum atomic E-state index is 12.1. The zero-order chi connectivity index (χ0) is 14.8. The van der Waals surface area contributed by atoms with E-state index in [9.17, 15) is 4.79 Å². The fourth-order valence-corrected chi connectivity index (χ4v) is 2.18. The molecule has 6 heteroatoms. The molecule has 0 saturated heterocycles. The Bertz CT molecular complexity index is 690. The van der Waals surface area contributed by atoms with Crippen LogP contribution in [-0.4, -0.2) is 20.9 Å². The summed E-state index contributed by atoms with van der Waals surface area (Å²) in [4.78, 5) is 12.1. The standard InChI is InChI=1S/C15H18N4O2/c1-10-5-6-14(18-17-10)19-8-11(7-13(16)15(19)20)9-21-12-3-2-4-12/h5-8,12H,2-4,9,16H2,1H3. The molecular weight excluding hydrogens is 268 g/mol. The van der Waals surface area contributed by atoms with Crippen LogP contribution < -0.4 is 11.3 Å². The molecule has 2 N–H and O–H groups in total. The minimum absolute atomic E-state index is 0.187. The molecule has 0 bridgehead atoms. The molecule has 2 aromatic rings. The lowest BCUT2D eigenvalue weighted by Crippen LogP contribution is -2.24. The molecule has 0 radical (unpaired) electrons. The molecule has 2 heterocycles. The lowest BCUT2D eigenvalue weighted by atomic mass is 9.96. The van der Waals surface area contributed by atoms with Crippen LogP contribution in [0.15, 0.2) is 29.2 Å². The molecular formula is C15H18N4O2. The molecule has 1 saturated carbocycles. The van der Waals surface area contributed by atoms with E-state index in [0.29, 0.717) is 18.5 Å². The van der Waals surface area contributed by atoms with Gasteiger partial charge in [-0.15, -0.1) is 5.10 Å². The quantitative estimate of drug-likeness (QED) is 0.922. The molecule has 0 atom stereocenters. The minimum Gasteiger partial charge on any atom is -0.394 e. The predicted octanol–water partition coefficient (Wildman–Crippen LogP) is 1.59. The van der Waals surface area contributed by atoms with E-state index in [1.54, 1.807) is 18.3 Å². The van der Waals surface area contributed by atoms with E-state index >= 15 is 0 Å². The first-order valence-corrected chi connectivity index (χ1v) is 7.07. The fraction of sp³-hybridized carbons (Fsp3) is 0.400. The summed E-state index contributed by atoms with van der Waals surface area (Å²) in [6.45, 7) is 2.30. The lowest BCUT2D eigenvalue weighted by Gasteiger charge is -2.25. The van der Waals surface area contributed by atoms with Gasteiger partial charge in [0.1, 0.15) is 0 Å². The summed E-state index contributed by atoms with van der Waals surface area (Å²) in [6.07, 6.45) is 5.50. The highest BCUT2D eigenvalue weighted by atomic mass is 16.5. The second kappa shape index (κ2) is 5.65. The van der Waals surface area contributed by atoms with Gasteiger partial charge in [0.05, 0.1) is 24.1 Å². The molecule has 110 valence electrons. The van der Waals surface area contributed by atoms with E-state index in [-0.39, 0.29) is 11.2 Å². The van der Waals surface area contributed by atoms with Gasteiger partial charge >= 0.3 is 0 Å². The van der Waals surface area contributed by atoms with Crippen LogP contribution >= 0.6 is 0 Å². The first-order chi connectivity index (χ1) is 10.1. The monoisotopic (exact) mass is 286 g/mol. The van der Waals surface area contributed by atoms with E-state index < -0.39 is 0 Å². The van der Waals surface area contributed by atoms with Crippen molar-refractivity contribution in [3.63, 3.8) is 0 Å². The first kappa shape index (κ1) is 13.8. The van der Waals surface area contributed by atoms with Crippen molar-refractivity contribution in [1.29, 1.82) is 0 Å². The second-order valence-corrected chi connectivity index (χ2v) is 5.38. The molecule has 6 nitrogen and oxygen atoms in total. The normalized spacial score (nSPS) is 14.9. The van der Waals surface area contributed by atoms with Crippen LogP contribution in [0, 0.1) is 6.92 Å². The summed E-state index contributed by atoms with van der Waals surface area (Å²) in [5, 5.41) is 8.00. The zero-order valence-corrected chi connectivity index (χ0v) is 12.0. The van der Waals surface area contributed by atoms with Gasteiger partial charge in [0.15, 0.2) is 5.82 Å². The highest BCUT2D eigenvalue weighted by molar-refractivity contribution is 5.41. The number of hydrogen-bond donors (Lipinski definition) is 1. The number of anilines is 1. The molecule has 0 spiro atoms. The third-order valence-electron chi connectivity index (χ3n) is 3.67. The predicted molar refractivity (Wildman–Crippen MR) is 79.2 cm³/mol. The van der Waals surface area contributed by atoms with Gasteiger partial charge in [0, 0.05) is 6.20 Å². The Morgan fingerprint density at radius 1 is 1.38 bits per heavy atom. The highest BCUT2D eigenvalue weighted by Crippen LogP contribution is 2.23. The van der Waals surface area contributed by atoms with Crippen LogP contribution in [-0.2, 0) is 11.3 Å². The van der Waals surface area contributed by atoms with Crippen molar-refractivity contribution in [3.05, 3.63) is 46.0 Å². The summed E-state index contributed by atoms with van der Waals surface area (Å²) in [7, 11) is 0. The first-order valence-electron chi connectivity index (χ1n) is 7.07. The molecule has 2 aromatic heterocycles. The van der Waals surface area contributed by atoms with E-state index in [1.807, 2.05) is 13.0 Å². The highest BCUT2D eigenvalue weighted by Gasteiger charge is 2.18. The van der Waals surface area contributed by atoms with E-state index in [1.165, 1.54) is 11.0 Å². The van der Waals surface area contributed by atoms with Crippen molar-refractivity contribution < 1.29 is 4.74 Å². The van der Waals surface area contributed by atoms with Crippen LogP contribution in [0.3, 0.4) is 0 Å². The minimum atomic E-state index is -0.291. The van der Waals surface area contributed by atoms with Gasteiger partial charge in [-0.1, -0.05) is 0 Å². The number of rotatable bonds is 4. The molecule has 21 heavy (non-hydrogen) atoms. The molecule has 3 rings (SSSR count). The average molecular weight is 286 g/mol. The summed E-state index contributed by atoms with van der Waals surface area (Å²) in [5.41, 5.74) is 7.36. The third kappa shape index (κ3) is 2.95. The van der Waals surface area contributed by atoms with Gasteiger partial charge in [-0.3, -0.25) is 9.36 Å². The molecule has 1 fully saturated rings. The Kier molecular flexibility index (Phi) is 3.70. The summed E-state index contributed by atoms with van der Waals surface area (Å²) in [6, 6.07) is 5.22. The number of hydrogen-bond acceptors (Lipinski definition) is 5. The van der Waals surface area contributed by atoms with Crippen LogP contribution in [0.2, 0.25) is 0 Å². The van der Waals surface area contributed by atoms with E-state index in [4.69, 9.17) is 10.5 Å². The summed E-state index contributed by atoms with van der Waals surface area (Å²) >= 11 is 0. The zero-order valence-electron chi connectivity index (χ0n) is 12.0. The second-order valence-electron chi connectivity index (χ2n) is 5.38. The average Bonchev–Trinajstić information content (AvgIpc) is 2.42. The van der Waals surface area contributed by atoms with Crippen LogP contribution in [0.5, 0.6) is 0 Å². The summed E-state index contributed by atoms with van der Waals surface area (Å²) in [5.74, 6) is 0.461. The van der Waals surface area contributed by atoms with Gasteiger partial charge in [-0.2, -0.15) is 5.10 Å². The fourth-order valence-electron chi connectivity index (χ4n) is 2.18. The molecule has 0 aliphatic heterocycles. The molecule has 0 amide bonds. The Morgan fingerprint density at radius 3 is 2.81 bits per heavy atom. The van der Waals surface area contributed by atoms with Crippen molar-refractivity contribution in [2.24, 2.45) is 0 Å². The topological polar surface area (TPSA) is 83.0 Å². The number of aromatic nitrogens is 3. The van der Waals surface area contributed by atoms with Gasteiger partial charge in [0.2, 0.25) is 0 Å². The third-order valence-corrected chi connectivity index (χ3v) is 3.67. The number of aryl methyl sites for hydroxylation is 1. The lowest BCUT2D eigenvalue weighted by molar-refractivity contribution is -0.00881. The molecule has 0 aromatic carbocycles. The van der Waals surface area contributed by atoms with Crippen LogP contribution in [0.1, 0.15) is 30.5 Å². The van der Waals surface area contributed by atoms with Gasteiger partial charge in [-0.25, -0.2) is 0 Å². The van der Waals surface area contributed by atoms with Crippen molar-refractivity contribution in [2.45, 2.75) is 38.9 Å². The van der Waals surface area contributed by atoms with Crippen molar-refractivity contribution >= 4 is 5.69 Å². The van der Waals surface area contributed by atoms with E-state index in [2.05, 4.69) is 10.2 Å². The Balaban J connectivity index is 1.89. The maximum absolute atomic E-state index is 12.1. The maximum Gasteiger partial charge on any atom is 0.279 e. The van der Waals surface area contributed by atoms with Gasteiger partial charge in [0.25, 0.3) is 5.56 Å². The largest absolute Gasteiger partial charge is 0.394 e. The van der Waals surface area contributed by atoms with Gasteiger partial charge < -0.3 is 10.5 Å². The SMILES string of the molecule is Cc1ccc(-n2cc(COC3CCC3)cc(N)c2=O)nn1.